The molecule has 3 rings (SSSR count). The van der Waals surface area contributed by atoms with Crippen LogP contribution in [0, 0.1) is 5.82 Å². The van der Waals surface area contributed by atoms with Crippen LogP contribution in [0.4, 0.5) is 4.39 Å². The second-order valence-electron chi connectivity index (χ2n) is 6.50. The number of ketones is 1. The normalized spacial score (nSPS) is 16.5. The first-order valence-corrected chi connectivity index (χ1v) is 10.00. The summed E-state index contributed by atoms with van der Waals surface area (Å²) in [6.07, 6.45) is 0. The van der Waals surface area contributed by atoms with Crippen molar-refractivity contribution in [2.45, 2.75) is 18.4 Å². The predicted molar refractivity (Wildman–Crippen MR) is 96.0 cm³/mol. The van der Waals surface area contributed by atoms with E-state index in [0.29, 0.717) is 43.9 Å². The lowest BCUT2D eigenvalue weighted by Gasteiger charge is -2.31. The van der Waals surface area contributed by atoms with E-state index >= 15 is 0 Å². The molecule has 1 heterocycles. The van der Waals surface area contributed by atoms with Crippen LogP contribution in [0.1, 0.15) is 22.8 Å². The van der Waals surface area contributed by atoms with Crippen LogP contribution in [-0.4, -0.2) is 44.7 Å². The third kappa shape index (κ3) is 4.00. The quantitative estimate of drug-likeness (QED) is 0.795. The summed E-state index contributed by atoms with van der Waals surface area (Å²) in [6.45, 7) is 4.02. The molecule has 1 saturated heterocycles. The second kappa shape index (κ2) is 7.65. The number of nitrogens with zero attached hydrogens (tertiary/aromatic N) is 1. The van der Waals surface area contributed by atoms with Crippen LogP contribution in [0.2, 0.25) is 0 Å². The largest absolute Gasteiger partial charge is 0.329 e. The van der Waals surface area contributed by atoms with Gasteiger partial charge in [0.2, 0.25) is 10.0 Å². The average molecular weight is 377 g/mol. The summed E-state index contributed by atoms with van der Waals surface area (Å²) >= 11 is 0. The molecule has 1 N–H and O–H groups in total. The van der Waals surface area contributed by atoms with Crippen LogP contribution in [0.5, 0.6) is 0 Å². The molecule has 0 unspecified atom stereocenters. The van der Waals surface area contributed by atoms with Gasteiger partial charge in [-0.1, -0.05) is 30.3 Å². The number of halogens is 1. The highest BCUT2D eigenvalue weighted by Gasteiger charge is 2.30. The Labute approximate surface area is 153 Å². The van der Waals surface area contributed by atoms with Crippen LogP contribution in [0.3, 0.4) is 0 Å². The molecule has 138 valence electrons. The molecule has 0 aromatic heterocycles. The first kappa shape index (κ1) is 18.7. The van der Waals surface area contributed by atoms with Gasteiger partial charge >= 0.3 is 0 Å². The van der Waals surface area contributed by atoms with E-state index in [4.69, 9.17) is 0 Å². The number of benzene rings is 2. The maximum atomic E-state index is 13.8. The Hall–Kier alpha value is -2.09. The molecule has 1 fully saturated rings. The van der Waals surface area contributed by atoms with Gasteiger partial charge in [0, 0.05) is 11.1 Å². The summed E-state index contributed by atoms with van der Waals surface area (Å²) in [5, 5.41) is 0. The third-order valence-electron chi connectivity index (χ3n) is 4.73. The summed E-state index contributed by atoms with van der Waals surface area (Å²) < 4.78 is 40.8. The molecule has 0 spiro atoms. The number of sulfonamides is 1. The zero-order valence-electron chi connectivity index (χ0n) is 14.6. The van der Waals surface area contributed by atoms with Crippen molar-refractivity contribution in [2.24, 2.45) is 0 Å². The Morgan fingerprint density at radius 1 is 1.08 bits per heavy atom. The first-order chi connectivity index (χ1) is 12.4. The SMILES string of the molecule is CC(=O)c1ccc(S(=O)(=O)N2CC[NH+](Cc3ccccc3F)CC2)cc1. The molecule has 0 radical (unpaired) electrons. The van der Waals surface area contributed by atoms with E-state index in [-0.39, 0.29) is 16.5 Å². The Morgan fingerprint density at radius 3 is 2.27 bits per heavy atom. The van der Waals surface area contributed by atoms with E-state index in [2.05, 4.69) is 0 Å². The Morgan fingerprint density at radius 2 is 1.69 bits per heavy atom. The van der Waals surface area contributed by atoms with Gasteiger partial charge in [-0.15, -0.1) is 0 Å². The summed E-state index contributed by atoms with van der Waals surface area (Å²) in [4.78, 5) is 12.7. The molecule has 1 aliphatic heterocycles. The van der Waals surface area contributed by atoms with Gasteiger partial charge in [-0.05, 0) is 25.1 Å². The monoisotopic (exact) mass is 377 g/mol. The summed E-state index contributed by atoms with van der Waals surface area (Å²) in [5.74, 6) is -0.320. The third-order valence-corrected chi connectivity index (χ3v) is 6.64. The topological polar surface area (TPSA) is 58.9 Å². The molecular formula is C19H22FN2O3S+. The highest BCUT2D eigenvalue weighted by Crippen LogP contribution is 2.17. The molecule has 1 aliphatic rings. The first-order valence-electron chi connectivity index (χ1n) is 8.56. The zero-order chi connectivity index (χ0) is 18.7. The number of hydrogen-bond acceptors (Lipinski definition) is 3. The lowest BCUT2D eigenvalue weighted by Crippen LogP contribution is -3.13. The van der Waals surface area contributed by atoms with E-state index in [1.54, 1.807) is 12.1 Å². The fourth-order valence-corrected chi connectivity index (χ4v) is 4.58. The van der Waals surface area contributed by atoms with Gasteiger partial charge in [-0.25, -0.2) is 12.8 Å². The van der Waals surface area contributed by atoms with Crippen molar-refractivity contribution in [3.63, 3.8) is 0 Å². The number of piperazine rings is 1. The van der Waals surface area contributed by atoms with Gasteiger partial charge in [0.05, 0.1) is 31.1 Å². The van der Waals surface area contributed by atoms with E-state index in [1.807, 2.05) is 6.07 Å². The Bertz CT molecular complexity index is 889. The number of rotatable bonds is 5. The molecule has 5 nitrogen and oxygen atoms in total. The van der Waals surface area contributed by atoms with Gasteiger partial charge in [-0.3, -0.25) is 4.79 Å². The molecule has 0 saturated carbocycles. The van der Waals surface area contributed by atoms with Crippen molar-refractivity contribution in [1.82, 2.24) is 4.31 Å². The van der Waals surface area contributed by atoms with Gasteiger partial charge in [0.15, 0.2) is 5.78 Å². The molecular weight excluding hydrogens is 355 g/mol. The van der Waals surface area contributed by atoms with E-state index in [9.17, 15) is 17.6 Å². The Balaban J connectivity index is 1.65. The van der Waals surface area contributed by atoms with E-state index in [0.717, 1.165) is 4.90 Å². The minimum Gasteiger partial charge on any atom is -0.329 e. The van der Waals surface area contributed by atoms with Gasteiger partial charge in [0.1, 0.15) is 12.4 Å². The van der Waals surface area contributed by atoms with Crippen LogP contribution in [0.25, 0.3) is 0 Å². The van der Waals surface area contributed by atoms with Crippen molar-refractivity contribution in [2.75, 3.05) is 26.2 Å². The molecule has 0 amide bonds. The number of Topliss-reactive ketones (excluding diaryl/α,β-unsaturated/α-hetero) is 1. The fraction of sp³-hybridized carbons (Fsp3) is 0.316. The van der Waals surface area contributed by atoms with Crippen LogP contribution < -0.4 is 4.90 Å². The average Bonchev–Trinajstić information content (AvgIpc) is 2.64. The van der Waals surface area contributed by atoms with Gasteiger partial charge < -0.3 is 4.90 Å². The van der Waals surface area contributed by atoms with Crippen LogP contribution >= 0.6 is 0 Å². The van der Waals surface area contributed by atoms with Crippen molar-refractivity contribution in [3.8, 4) is 0 Å². The standard InChI is InChI=1S/C19H21FN2O3S/c1-15(23)16-6-8-18(9-7-16)26(24,25)22-12-10-21(11-13-22)14-17-4-2-3-5-19(17)20/h2-9H,10-14H2,1H3/p+1. The summed E-state index contributed by atoms with van der Waals surface area (Å²) in [7, 11) is -3.57. The highest BCUT2D eigenvalue weighted by molar-refractivity contribution is 7.89. The molecule has 0 atom stereocenters. The van der Waals surface area contributed by atoms with E-state index in [1.165, 1.54) is 41.6 Å². The Kier molecular flexibility index (Phi) is 5.50. The molecule has 26 heavy (non-hydrogen) atoms. The number of carbonyl (C=O) groups excluding carboxylic acids is 1. The van der Waals surface area contributed by atoms with Crippen molar-refractivity contribution in [1.29, 1.82) is 0 Å². The number of hydrogen-bond donors (Lipinski definition) is 1. The maximum Gasteiger partial charge on any atom is 0.243 e. The number of carbonyl (C=O) groups is 1. The minimum atomic E-state index is -3.57. The molecule has 2 aromatic carbocycles. The van der Waals surface area contributed by atoms with Gasteiger partial charge in [-0.2, -0.15) is 4.31 Å². The van der Waals surface area contributed by atoms with Crippen molar-refractivity contribution >= 4 is 15.8 Å². The predicted octanol–water partition coefficient (Wildman–Crippen LogP) is 1.12. The summed E-state index contributed by atoms with van der Waals surface area (Å²) in [5.41, 5.74) is 1.14. The minimum absolute atomic E-state index is 0.0979. The van der Waals surface area contributed by atoms with Gasteiger partial charge in [0.25, 0.3) is 0 Å². The van der Waals surface area contributed by atoms with E-state index < -0.39 is 10.0 Å². The molecule has 0 aliphatic carbocycles. The maximum absolute atomic E-state index is 13.8. The summed E-state index contributed by atoms with van der Waals surface area (Å²) in [6, 6.07) is 12.7. The lowest BCUT2D eigenvalue weighted by atomic mass is 10.2. The second-order valence-corrected chi connectivity index (χ2v) is 8.44. The van der Waals surface area contributed by atoms with Crippen LogP contribution in [-0.2, 0) is 16.6 Å². The lowest BCUT2D eigenvalue weighted by molar-refractivity contribution is -0.917. The molecule has 2 aromatic rings. The van der Waals surface area contributed by atoms with Crippen LogP contribution in [0.15, 0.2) is 53.4 Å². The smallest absolute Gasteiger partial charge is 0.243 e. The fourth-order valence-electron chi connectivity index (χ4n) is 3.14. The van der Waals surface area contributed by atoms with Crippen molar-refractivity contribution in [3.05, 3.63) is 65.5 Å². The zero-order valence-corrected chi connectivity index (χ0v) is 15.4. The highest BCUT2D eigenvalue weighted by atomic mass is 32.2. The number of quaternary nitrogens is 1. The van der Waals surface area contributed by atoms with Crippen molar-refractivity contribution < 1.29 is 22.5 Å². The molecule has 7 heteroatoms. The number of nitrogens with one attached hydrogen (secondary N) is 1. The molecule has 0 bridgehead atoms.